The number of anilines is 2. The second-order valence-corrected chi connectivity index (χ2v) is 3.95. The third-order valence-electron chi connectivity index (χ3n) is 1.64. The van der Waals surface area contributed by atoms with E-state index in [1.165, 1.54) is 6.20 Å². The number of nitrogens with one attached hydrogen (secondary N) is 1. The maximum absolute atomic E-state index is 9.04. The maximum Gasteiger partial charge on any atom is 0.224 e. The number of aromatic nitrogens is 2. The summed E-state index contributed by atoms with van der Waals surface area (Å²) in [5.74, 6) is 0.434. The molecule has 1 rings (SSSR count). The van der Waals surface area contributed by atoms with Crippen LogP contribution in [0, 0.1) is 0 Å². The highest BCUT2D eigenvalue weighted by molar-refractivity contribution is 6.28. The monoisotopic (exact) mass is 216 g/mol. The van der Waals surface area contributed by atoms with Crippen molar-refractivity contribution >= 4 is 23.1 Å². The lowest BCUT2D eigenvalue weighted by molar-refractivity contribution is 0.234. The van der Waals surface area contributed by atoms with E-state index in [1.807, 2.05) is 13.8 Å². The van der Waals surface area contributed by atoms with Crippen LogP contribution in [0.4, 0.5) is 11.5 Å². The Labute approximate surface area is 87.3 Å². The topological polar surface area (TPSA) is 84.1 Å². The van der Waals surface area contributed by atoms with Gasteiger partial charge in [0.2, 0.25) is 5.28 Å². The molecule has 4 N–H and O–H groups in total. The van der Waals surface area contributed by atoms with Gasteiger partial charge in [-0.1, -0.05) is 0 Å². The van der Waals surface area contributed by atoms with Crippen LogP contribution in [0.5, 0.6) is 0 Å². The number of aliphatic hydroxyl groups excluding tert-OH is 1. The van der Waals surface area contributed by atoms with Gasteiger partial charge in [-0.25, -0.2) is 4.98 Å². The van der Waals surface area contributed by atoms with Crippen molar-refractivity contribution in [2.45, 2.75) is 19.4 Å². The van der Waals surface area contributed by atoms with Crippen LogP contribution in [-0.2, 0) is 0 Å². The molecule has 0 atom stereocenters. The lowest BCUT2D eigenvalue weighted by atomic mass is 10.1. The quantitative estimate of drug-likeness (QED) is 0.654. The number of hydrogen-bond acceptors (Lipinski definition) is 5. The molecule has 0 bridgehead atoms. The Balaban J connectivity index is 2.91. The van der Waals surface area contributed by atoms with Crippen molar-refractivity contribution in [2.75, 3.05) is 17.7 Å². The zero-order chi connectivity index (χ0) is 10.8. The first-order valence-electron chi connectivity index (χ1n) is 4.12. The van der Waals surface area contributed by atoms with Crippen LogP contribution in [-0.4, -0.2) is 27.2 Å². The number of nitrogens with zero attached hydrogens (tertiary/aromatic N) is 2. The van der Waals surface area contributed by atoms with Gasteiger partial charge in [-0.05, 0) is 25.4 Å². The smallest absolute Gasteiger partial charge is 0.224 e. The normalized spacial score (nSPS) is 11.4. The molecule has 0 spiro atoms. The summed E-state index contributed by atoms with van der Waals surface area (Å²) in [5.41, 5.74) is 5.53. The average molecular weight is 217 g/mol. The van der Waals surface area contributed by atoms with Crippen molar-refractivity contribution in [3.63, 3.8) is 0 Å². The predicted octanol–water partition coefficient (Wildman–Crippen LogP) is 0.895. The number of aliphatic hydroxyl groups is 1. The minimum atomic E-state index is -0.494. The first kappa shape index (κ1) is 11.0. The Hall–Kier alpha value is -1.07. The van der Waals surface area contributed by atoms with Crippen molar-refractivity contribution in [2.24, 2.45) is 0 Å². The molecule has 14 heavy (non-hydrogen) atoms. The summed E-state index contributed by atoms with van der Waals surface area (Å²) >= 11 is 5.61. The predicted molar refractivity (Wildman–Crippen MR) is 56.2 cm³/mol. The van der Waals surface area contributed by atoms with E-state index in [4.69, 9.17) is 22.4 Å². The Morgan fingerprint density at radius 2 is 2.29 bits per heavy atom. The standard InChI is InChI=1S/C8H13ClN4O/c1-8(2,4-14)13-6-5(10)3-11-7(9)12-6/h3,14H,4,10H2,1-2H3,(H,11,12,13). The molecule has 0 aliphatic carbocycles. The minimum absolute atomic E-state index is 0.0337. The van der Waals surface area contributed by atoms with Gasteiger partial charge in [0.15, 0.2) is 5.82 Å². The van der Waals surface area contributed by atoms with Crippen molar-refractivity contribution in [3.05, 3.63) is 11.5 Å². The molecule has 0 saturated carbocycles. The summed E-state index contributed by atoms with van der Waals surface area (Å²) < 4.78 is 0. The molecular formula is C8H13ClN4O. The van der Waals surface area contributed by atoms with Gasteiger partial charge in [0.1, 0.15) is 0 Å². The number of rotatable bonds is 3. The maximum atomic E-state index is 9.04. The highest BCUT2D eigenvalue weighted by atomic mass is 35.5. The summed E-state index contributed by atoms with van der Waals surface area (Å²) in [6.45, 7) is 3.61. The summed E-state index contributed by atoms with van der Waals surface area (Å²) in [7, 11) is 0. The second kappa shape index (κ2) is 3.98. The molecule has 1 aromatic rings. The van der Waals surface area contributed by atoms with Gasteiger partial charge in [0.05, 0.1) is 24.0 Å². The van der Waals surface area contributed by atoms with E-state index in [-0.39, 0.29) is 11.9 Å². The SMILES string of the molecule is CC(C)(CO)Nc1nc(Cl)ncc1N. The molecule has 5 nitrogen and oxygen atoms in total. The van der Waals surface area contributed by atoms with Crippen LogP contribution in [0.1, 0.15) is 13.8 Å². The molecule has 0 aliphatic rings. The minimum Gasteiger partial charge on any atom is -0.394 e. The van der Waals surface area contributed by atoms with E-state index in [2.05, 4.69) is 15.3 Å². The molecule has 0 aromatic carbocycles. The molecule has 0 aliphatic heterocycles. The molecule has 6 heteroatoms. The van der Waals surface area contributed by atoms with Gasteiger partial charge in [0, 0.05) is 0 Å². The van der Waals surface area contributed by atoms with E-state index in [1.54, 1.807) is 0 Å². The molecule has 0 saturated heterocycles. The first-order chi connectivity index (χ1) is 6.44. The van der Waals surface area contributed by atoms with E-state index < -0.39 is 5.54 Å². The van der Waals surface area contributed by atoms with Crippen LogP contribution in [0.3, 0.4) is 0 Å². The van der Waals surface area contributed by atoms with E-state index in [0.717, 1.165) is 0 Å². The molecule has 0 amide bonds. The van der Waals surface area contributed by atoms with Gasteiger partial charge in [-0.3, -0.25) is 0 Å². The van der Waals surface area contributed by atoms with Crippen LogP contribution >= 0.6 is 11.6 Å². The van der Waals surface area contributed by atoms with Gasteiger partial charge in [0.25, 0.3) is 0 Å². The molecule has 1 aromatic heterocycles. The Morgan fingerprint density at radius 1 is 1.64 bits per heavy atom. The number of hydrogen-bond donors (Lipinski definition) is 3. The summed E-state index contributed by atoms with van der Waals surface area (Å²) in [6, 6.07) is 0. The summed E-state index contributed by atoms with van der Waals surface area (Å²) in [5, 5.41) is 12.1. The van der Waals surface area contributed by atoms with Gasteiger partial charge in [-0.2, -0.15) is 4.98 Å². The summed E-state index contributed by atoms with van der Waals surface area (Å²) in [4.78, 5) is 7.63. The molecule has 0 unspecified atom stereocenters. The second-order valence-electron chi connectivity index (χ2n) is 3.61. The molecule has 0 fully saturated rings. The third kappa shape index (κ3) is 2.71. The fourth-order valence-electron chi connectivity index (χ4n) is 0.830. The largest absolute Gasteiger partial charge is 0.394 e. The van der Waals surface area contributed by atoms with Gasteiger partial charge in [-0.15, -0.1) is 0 Å². The molecule has 78 valence electrons. The van der Waals surface area contributed by atoms with Crippen LogP contribution < -0.4 is 11.1 Å². The van der Waals surface area contributed by atoms with Crippen molar-refractivity contribution in [1.82, 2.24) is 9.97 Å². The zero-order valence-corrected chi connectivity index (χ0v) is 8.84. The summed E-state index contributed by atoms with van der Waals surface area (Å²) in [6.07, 6.45) is 1.42. The van der Waals surface area contributed by atoms with E-state index in [9.17, 15) is 0 Å². The Bertz CT molecular complexity index is 329. The Morgan fingerprint density at radius 3 is 2.86 bits per heavy atom. The Kier molecular flexibility index (Phi) is 3.13. The lowest BCUT2D eigenvalue weighted by Gasteiger charge is -2.24. The molecular weight excluding hydrogens is 204 g/mol. The molecule has 1 heterocycles. The van der Waals surface area contributed by atoms with Gasteiger partial charge < -0.3 is 16.2 Å². The van der Waals surface area contributed by atoms with Crippen molar-refractivity contribution < 1.29 is 5.11 Å². The molecule has 0 radical (unpaired) electrons. The number of nitrogens with two attached hydrogens (primary N) is 1. The van der Waals surface area contributed by atoms with Crippen LogP contribution in [0.2, 0.25) is 5.28 Å². The zero-order valence-electron chi connectivity index (χ0n) is 8.08. The first-order valence-corrected chi connectivity index (χ1v) is 4.49. The number of halogens is 1. The van der Waals surface area contributed by atoms with E-state index in [0.29, 0.717) is 11.5 Å². The van der Waals surface area contributed by atoms with Crippen LogP contribution in [0.15, 0.2) is 6.20 Å². The highest BCUT2D eigenvalue weighted by Gasteiger charge is 2.18. The van der Waals surface area contributed by atoms with Crippen molar-refractivity contribution in [3.8, 4) is 0 Å². The van der Waals surface area contributed by atoms with Gasteiger partial charge >= 0.3 is 0 Å². The lowest BCUT2D eigenvalue weighted by Crippen LogP contribution is -2.35. The fourth-order valence-corrected chi connectivity index (χ4v) is 0.963. The number of nitrogen functional groups attached to an aromatic ring is 1. The fraction of sp³-hybridized carbons (Fsp3) is 0.500. The van der Waals surface area contributed by atoms with Crippen molar-refractivity contribution in [1.29, 1.82) is 0 Å². The van der Waals surface area contributed by atoms with E-state index >= 15 is 0 Å². The van der Waals surface area contributed by atoms with Crippen LogP contribution in [0.25, 0.3) is 0 Å². The average Bonchev–Trinajstić information content (AvgIpc) is 2.11. The third-order valence-corrected chi connectivity index (χ3v) is 1.82. The highest BCUT2D eigenvalue weighted by Crippen LogP contribution is 2.19.